The molecule has 2 heterocycles. The van der Waals surface area contributed by atoms with Gasteiger partial charge in [0.2, 0.25) is 5.91 Å². The lowest BCUT2D eigenvalue weighted by Gasteiger charge is -2.20. The molecule has 1 aliphatic heterocycles. The summed E-state index contributed by atoms with van der Waals surface area (Å²) in [5.41, 5.74) is 4.69. The third kappa shape index (κ3) is 4.77. The summed E-state index contributed by atoms with van der Waals surface area (Å²) in [4.78, 5) is 19.6. The van der Waals surface area contributed by atoms with Crippen LogP contribution >= 0.6 is 11.6 Å². The van der Waals surface area contributed by atoms with Gasteiger partial charge >= 0.3 is 0 Å². The van der Waals surface area contributed by atoms with Gasteiger partial charge in [0.15, 0.2) is 0 Å². The van der Waals surface area contributed by atoms with Crippen LogP contribution in [0.2, 0.25) is 5.02 Å². The molecule has 0 spiro atoms. The molecule has 3 aromatic carbocycles. The highest BCUT2D eigenvalue weighted by molar-refractivity contribution is 6.30. The Kier molecular flexibility index (Phi) is 6.50. The van der Waals surface area contributed by atoms with Gasteiger partial charge in [0, 0.05) is 29.6 Å². The molecule has 0 saturated carbocycles. The first kappa shape index (κ1) is 23.4. The number of nitrogens with zero attached hydrogens (tertiary/aromatic N) is 3. The number of carbonyl (C=O) groups excluding carboxylic acids is 1. The number of aliphatic hydroxyl groups is 1. The first-order chi connectivity index (χ1) is 16.9. The molecule has 0 radical (unpaired) electrons. The number of anilines is 1. The molecule has 0 aliphatic carbocycles. The molecular formula is C28H28ClN3O3. The fourth-order valence-electron chi connectivity index (χ4n) is 4.82. The zero-order chi connectivity index (χ0) is 24.5. The van der Waals surface area contributed by atoms with E-state index in [0.29, 0.717) is 24.5 Å². The average molecular weight is 490 g/mol. The van der Waals surface area contributed by atoms with E-state index in [4.69, 9.17) is 21.3 Å². The Morgan fingerprint density at radius 2 is 1.77 bits per heavy atom. The van der Waals surface area contributed by atoms with Crippen molar-refractivity contribution in [3.05, 3.63) is 88.7 Å². The SMILES string of the molecule is Cc1cccc(C)c1OC[C@H](O)Cn1c([C@@H]2CC(=O)N(c3ccc(Cl)cc3)C2)nc2ccccc21. The molecule has 1 aliphatic rings. The van der Waals surface area contributed by atoms with E-state index in [1.54, 1.807) is 17.0 Å². The quantitative estimate of drug-likeness (QED) is 0.384. The summed E-state index contributed by atoms with van der Waals surface area (Å²) >= 11 is 6.02. The molecule has 1 N–H and O–H groups in total. The van der Waals surface area contributed by atoms with Crippen LogP contribution in [0.3, 0.4) is 0 Å². The van der Waals surface area contributed by atoms with Crippen LogP contribution in [0, 0.1) is 13.8 Å². The number of aliphatic hydroxyl groups excluding tert-OH is 1. The minimum absolute atomic E-state index is 0.0508. The van der Waals surface area contributed by atoms with Gasteiger partial charge in [-0.2, -0.15) is 0 Å². The molecule has 0 bridgehead atoms. The number of ether oxygens (including phenoxy) is 1. The summed E-state index contributed by atoms with van der Waals surface area (Å²) in [5.74, 6) is 1.58. The first-order valence-electron chi connectivity index (χ1n) is 11.8. The second-order valence-corrected chi connectivity index (χ2v) is 9.57. The number of benzene rings is 3. The topological polar surface area (TPSA) is 67.6 Å². The zero-order valence-corrected chi connectivity index (χ0v) is 20.6. The van der Waals surface area contributed by atoms with Crippen LogP contribution in [-0.4, -0.2) is 39.8 Å². The van der Waals surface area contributed by atoms with E-state index in [1.807, 2.05) is 73.0 Å². The third-order valence-electron chi connectivity index (χ3n) is 6.53. The van der Waals surface area contributed by atoms with Gasteiger partial charge in [-0.3, -0.25) is 4.79 Å². The highest BCUT2D eigenvalue weighted by Crippen LogP contribution is 2.34. The van der Waals surface area contributed by atoms with Crippen LogP contribution < -0.4 is 9.64 Å². The van der Waals surface area contributed by atoms with Gasteiger partial charge in [0.05, 0.1) is 17.6 Å². The molecular weight excluding hydrogens is 462 g/mol. The maximum Gasteiger partial charge on any atom is 0.227 e. The van der Waals surface area contributed by atoms with Crippen molar-refractivity contribution >= 4 is 34.2 Å². The van der Waals surface area contributed by atoms with Crippen molar-refractivity contribution in [2.24, 2.45) is 0 Å². The number of hydrogen-bond donors (Lipinski definition) is 1. The van der Waals surface area contributed by atoms with Crippen molar-refractivity contribution in [3.63, 3.8) is 0 Å². The first-order valence-corrected chi connectivity index (χ1v) is 12.2. The van der Waals surface area contributed by atoms with Gasteiger partial charge in [-0.05, 0) is 61.4 Å². The molecule has 4 aromatic rings. The van der Waals surface area contributed by atoms with E-state index in [9.17, 15) is 9.90 Å². The third-order valence-corrected chi connectivity index (χ3v) is 6.79. The Morgan fingerprint density at radius 3 is 2.51 bits per heavy atom. The largest absolute Gasteiger partial charge is 0.490 e. The Labute approximate surface area is 209 Å². The summed E-state index contributed by atoms with van der Waals surface area (Å²) in [5, 5.41) is 11.6. The van der Waals surface area contributed by atoms with Gasteiger partial charge in [0.25, 0.3) is 0 Å². The maximum atomic E-state index is 12.9. The van der Waals surface area contributed by atoms with Crippen molar-refractivity contribution in [2.75, 3.05) is 18.1 Å². The van der Waals surface area contributed by atoms with E-state index >= 15 is 0 Å². The van der Waals surface area contributed by atoms with E-state index in [1.165, 1.54) is 0 Å². The van der Waals surface area contributed by atoms with Gasteiger partial charge in [0.1, 0.15) is 24.3 Å². The normalized spacial score (nSPS) is 16.7. The maximum absolute atomic E-state index is 12.9. The van der Waals surface area contributed by atoms with Crippen molar-refractivity contribution in [3.8, 4) is 5.75 Å². The molecule has 7 heteroatoms. The van der Waals surface area contributed by atoms with Crippen LogP contribution in [0.15, 0.2) is 66.7 Å². The molecule has 0 unspecified atom stereocenters. The number of halogens is 1. The number of aromatic nitrogens is 2. The summed E-state index contributed by atoms with van der Waals surface area (Å²) in [6.45, 7) is 5.02. The molecule has 180 valence electrons. The highest BCUT2D eigenvalue weighted by Gasteiger charge is 2.35. The Morgan fingerprint density at radius 1 is 1.06 bits per heavy atom. The summed E-state index contributed by atoms with van der Waals surface area (Å²) in [6, 6.07) is 21.2. The predicted octanol–water partition coefficient (Wildman–Crippen LogP) is 5.27. The zero-order valence-electron chi connectivity index (χ0n) is 19.8. The summed E-state index contributed by atoms with van der Waals surface area (Å²) in [7, 11) is 0. The Bertz CT molecular complexity index is 1350. The molecule has 35 heavy (non-hydrogen) atoms. The highest BCUT2D eigenvalue weighted by atomic mass is 35.5. The van der Waals surface area contributed by atoms with Crippen LogP contribution in [0.1, 0.15) is 29.3 Å². The molecule has 1 aromatic heterocycles. The second kappa shape index (κ2) is 9.72. The van der Waals surface area contributed by atoms with Crippen LogP contribution in [-0.2, 0) is 11.3 Å². The van der Waals surface area contributed by atoms with Crippen LogP contribution in [0.5, 0.6) is 5.75 Å². The fourth-order valence-corrected chi connectivity index (χ4v) is 4.94. The lowest BCUT2D eigenvalue weighted by Crippen LogP contribution is -2.26. The number of imidazole rings is 1. The van der Waals surface area contributed by atoms with Crippen LogP contribution in [0.25, 0.3) is 11.0 Å². The van der Waals surface area contributed by atoms with Gasteiger partial charge in [-0.1, -0.05) is 41.9 Å². The van der Waals surface area contributed by atoms with Crippen molar-refractivity contribution in [1.29, 1.82) is 0 Å². The lowest BCUT2D eigenvalue weighted by molar-refractivity contribution is -0.117. The number of para-hydroxylation sites is 3. The number of hydrogen-bond acceptors (Lipinski definition) is 4. The smallest absolute Gasteiger partial charge is 0.227 e. The molecule has 2 atom stereocenters. The molecule has 1 saturated heterocycles. The predicted molar refractivity (Wildman–Crippen MR) is 138 cm³/mol. The number of fused-ring (bicyclic) bond motifs is 1. The fraction of sp³-hybridized carbons (Fsp3) is 0.286. The second-order valence-electron chi connectivity index (χ2n) is 9.14. The number of amides is 1. The van der Waals surface area contributed by atoms with Crippen molar-refractivity contribution in [2.45, 2.75) is 38.8 Å². The van der Waals surface area contributed by atoms with E-state index < -0.39 is 6.10 Å². The Balaban J connectivity index is 1.39. The minimum atomic E-state index is -0.741. The molecule has 1 amide bonds. The minimum Gasteiger partial charge on any atom is -0.490 e. The van der Waals surface area contributed by atoms with Gasteiger partial charge < -0.3 is 19.3 Å². The summed E-state index contributed by atoms with van der Waals surface area (Å²) < 4.78 is 8.04. The van der Waals surface area contributed by atoms with Crippen LogP contribution in [0.4, 0.5) is 5.69 Å². The van der Waals surface area contributed by atoms with Gasteiger partial charge in [-0.25, -0.2) is 4.98 Å². The van der Waals surface area contributed by atoms with E-state index in [2.05, 4.69) is 0 Å². The molecule has 1 fully saturated rings. The number of carbonyl (C=O) groups is 1. The van der Waals surface area contributed by atoms with Crippen molar-refractivity contribution in [1.82, 2.24) is 9.55 Å². The van der Waals surface area contributed by atoms with Gasteiger partial charge in [-0.15, -0.1) is 0 Å². The Hall–Kier alpha value is -3.35. The molecule has 6 nitrogen and oxygen atoms in total. The number of aryl methyl sites for hydroxylation is 2. The average Bonchev–Trinajstić information content (AvgIpc) is 3.40. The van der Waals surface area contributed by atoms with E-state index in [-0.39, 0.29) is 18.4 Å². The standard InChI is InChI=1S/C28H28ClN3O3/c1-18-6-5-7-19(2)27(18)35-17-23(33)16-32-25-9-4-3-8-24(25)30-28(32)20-14-26(34)31(15-20)22-12-10-21(29)11-13-22/h3-13,20,23,33H,14-17H2,1-2H3/t20-,23-/m1/s1. The van der Waals surface area contributed by atoms with Crippen molar-refractivity contribution < 1.29 is 14.6 Å². The lowest BCUT2D eigenvalue weighted by atomic mass is 10.1. The monoisotopic (exact) mass is 489 g/mol. The molecule has 5 rings (SSSR count). The summed E-state index contributed by atoms with van der Waals surface area (Å²) in [6.07, 6.45) is -0.379. The number of rotatable bonds is 7. The van der Waals surface area contributed by atoms with E-state index in [0.717, 1.165) is 39.4 Å².